The number of nitrogens with zero attached hydrogens (tertiary/aromatic N) is 3. The molecule has 0 saturated carbocycles. The second kappa shape index (κ2) is 7.94. The van der Waals surface area contributed by atoms with Crippen LogP contribution < -0.4 is 5.32 Å². The van der Waals surface area contributed by atoms with Gasteiger partial charge in [-0.15, -0.1) is 0 Å². The van der Waals surface area contributed by atoms with Gasteiger partial charge in [-0.1, -0.05) is 6.92 Å². The van der Waals surface area contributed by atoms with Gasteiger partial charge in [-0.3, -0.25) is 9.88 Å². The topological polar surface area (TPSA) is 68.7 Å². The minimum absolute atomic E-state index is 0.00482. The Morgan fingerprint density at radius 1 is 1.42 bits per heavy atom. The molecule has 1 saturated heterocycles. The summed E-state index contributed by atoms with van der Waals surface area (Å²) in [6.07, 6.45) is 4.34. The first kappa shape index (κ1) is 18.7. The molecule has 2 N–H and O–H groups in total. The van der Waals surface area contributed by atoms with Gasteiger partial charge >= 0.3 is 6.03 Å². The summed E-state index contributed by atoms with van der Waals surface area (Å²) < 4.78 is 0. The number of β-amino-alcohol motifs (C(OH)–C–C–N with tert-alkyl or cyclic N) is 1. The molecule has 6 nitrogen and oxygen atoms in total. The highest BCUT2D eigenvalue weighted by Gasteiger charge is 2.30. The Hall–Kier alpha value is -1.66. The number of hydrogen-bond acceptors (Lipinski definition) is 4. The third-order valence-corrected chi connectivity index (χ3v) is 4.46. The van der Waals surface area contributed by atoms with E-state index in [4.69, 9.17) is 0 Å². The molecule has 0 aliphatic carbocycles. The normalized spacial score (nSPS) is 20.7. The molecule has 0 aromatic carbocycles. The summed E-state index contributed by atoms with van der Waals surface area (Å²) in [5, 5.41) is 13.1. The molecule has 0 bridgehead atoms. The summed E-state index contributed by atoms with van der Waals surface area (Å²) in [5.74, 6) is 0. The van der Waals surface area contributed by atoms with Crippen molar-refractivity contribution in [2.24, 2.45) is 0 Å². The molecular weight excluding hydrogens is 304 g/mol. The number of hydrogen-bond donors (Lipinski definition) is 2. The van der Waals surface area contributed by atoms with E-state index >= 15 is 0 Å². The zero-order chi connectivity index (χ0) is 17.7. The maximum Gasteiger partial charge on any atom is 0.317 e. The standard InChI is InChI=1S/C18H30N4O2/c1-5-16(15-6-8-19-9-7-15)20-17(23)21-10-11-22(14(2)12-21)13-18(3,4)24/h6-9,14,16,24H,5,10-13H2,1-4H3,(H,20,23)/t14-,16+/m1/s1. The van der Waals surface area contributed by atoms with Crippen LogP contribution in [0.3, 0.4) is 0 Å². The van der Waals surface area contributed by atoms with Crippen molar-refractivity contribution < 1.29 is 9.90 Å². The van der Waals surface area contributed by atoms with Gasteiger partial charge in [0.25, 0.3) is 0 Å². The Morgan fingerprint density at radius 3 is 2.62 bits per heavy atom. The van der Waals surface area contributed by atoms with Crippen LogP contribution in [-0.4, -0.2) is 63.7 Å². The molecule has 1 aromatic heterocycles. The lowest BCUT2D eigenvalue weighted by Crippen LogP contribution is -2.58. The van der Waals surface area contributed by atoms with E-state index in [1.807, 2.05) is 30.9 Å². The lowest BCUT2D eigenvalue weighted by molar-refractivity contribution is 0.00275. The Bertz CT molecular complexity index is 530. The van der Waals surface area contributed by atoms with Crippen molar-refractivity contribution in [1.82, 2.24) is 20.1 Å². The third-order valence-electron chi connectivity index (χ3n) is 4.46. The van der Waals surface area contributed by atoms with Gasteiger partial charge in [0.2, 0.25) is 0 Å². The number of urea groups is 1. The van der Waals surface area contributed by atoms with Gasteiger partial charge in [0.15, 0.2) is 0 Å². The SMILES string of the molecule is CC[C@H](NC(=O)N1CCN(CC(C)(C)O)[C@H](C)C1)c1ccncc1. The van der Waals surface area contributed by atoms with Crippen LogP contribution in [0.1, 0.15) is 45.7 Å². The average molecular weight is 334 g/mol. The van der Waals surface area contributed by atoms with Crippen molar-refractivity contribution in [3.63, 3.8) is 0 Å². The molecule has 1 aliphatic heterocycles. The smallest absolute Gasteiger partial charge is 0.317 e. The van der Waals surface area contributed by atoms with Crippen LogP contribution in [0.5, 0.6) is 0 Å². The largest absolute Gasteiger partial charge is 0.389 e. The van der Waals surface area contributed by atoms with E-state index in [2.05, 4.69) is 29.0 Å². The molecule has 24 heavy (non-hydrogen) atoms. The van der Waals surface area contributed by atoms with Crippen LogP contribution in [0.2, 0.25) is 0 Å². The minimum atomic E-state index is -0.715. The van der Waals surface area contributed by atoms with Gasteiger partial charge in [-0.2, -0.15) is 0 Å². The van der Waals surface area contributed by atoms with Gasteiger partial charge in [0.1, 0.15) is 0 Å². The molecule has 0 radical (unpaired) electrons. The third kappa shape index (κ3) is 5.18. The first-order valence-electron chi connectivity index (χ1n) is 8.72. The van der Waals surface area contributed by atoms with Gasteiger partial charge < -0.3 is 15.3 Å². The monoisotopic (exact) mass is 334 g/mol. The minimum Gasteiger partial charge on any atom is -0.389 e. The van der Waals surface area contributed by atoms with E-state index in [1.165, 1.54) is 0 Å². The van der Waals surface area contributed by atoms with Crippen molar-refractivity contribution in [2.45, 2.75) is 51.8 Å². The van der Waals surface area contributed by atoms with E-state index in [0.29, 0.717) is 19.6 Å². The second-order valence-corrected chi connectivity index (χ2v) is 7.27. The predicted molar refractivity (Wildman–Crippen MR) is 94.7 cm³/mol. The van der Waals surface area contributed by atoms with Crippen LogP contribution in [0.4, 0.5) is 4.79 Å². The van der Waals surface area contributed by atoms with E-state index < -0.39 is 5.60 Å². The van der Waals surface area contributed by atoms with E-state index in [0.717, 1.165) is 18.5 Å². The number of amides is 2. The van der Waals surface area contributed by atoms with Crippen molar-refractivity contribution in [3.05, 3.63) is 30.1 Å². The van der Waals surface area contributed by atoms with Crippen LogP contribution in [-0.2, 0) is 0 Å². The van der Waals surface area contributed by atoms with Crippen molar-refractivity contribution in [3.8, 4) is 0 Å². The molecular formula is C18H30N4O2. The highest BCUT2D eigenvalue weighted by molar-refractivity contribution is 5.75. The van der Waals surface area contributed by atoms with Crippen LogP contribution in [0, 0.1) is 0 Å². The van der Waals surface area contributed by atoms with Gasteiger partial charge in [-0.25, -0.2) is 4.79 Å². The zero-order valence-corrected chi connectivity index (χ0v) is 15.2. The van der Waals surface area contributed by atoms with E-state index in [-0.39, 0.29) is 18.1 Å². The number of rotatable bonds is 5. The second-order valence-electron chi connectivity index (χ2n) is 7.27. The van der Waals surface area contributed by atoms with Crippen molar-refractivity contribution in [1.29, 1.82) is 0 Å². The maximum atomic E-state index is 12.6. The quantitative estimate of drug-likeness (QED) is 0.864. The number of pyridine rings is 1. The van der Waals surface area contributed by atoms with E-state index in [9.17, 15) is 9.90 Å². The van der Waals surface area contributed by atoms with Gasteiger partial charge in [0.05, 0.1) is 11.6 Å². The molecule has 2 heterocycles. The molecule has 1 fully saturated rings. The molecule has 1 aliphatic rings. The van der Waals surface area contributed by atoms with Crippen molar-refractivity contribution in [2.75, 3.05) is 26.2 Å². The van der Waals surface area contributed by atoms with E-state index in [1.54, 1.807) is 12.4 Å². The summed E-state index contributed by atoms with van der Waals surface area (Å²) in [4.78, 5) is 20.7. The summed E-state index contributed by atoms with van der Waals surface area (Å²) >= 11 is 0. The Morgan fingerprint density at radius 2 is 2.08 bits per heavy atom. The molecule has 134 valence electrons. The van der Waals surface area contributed by atoms with Crippen LogP contribution in [0.15, 0.2) is 24.5 Å². The lowest BCUT2D eigenvalue weighted by atomic mass is 10.1. The lowest BCUT2D eigenvalue weighted by Gasteiger charge is -2.42. The van der Waals surface area contributed by atoms with Gasteiger partial charge in [-0.05, 0) is 44.9 Å². The number of piperazine rings is 1. The Kier molecular flexibility index (Phi) is 6.18. The fourth-order valence-corrected chi connectivity index (χ4v) is 3.17. The maximum absolute atomic E-state index is 12.6. The fraction of sp³-hybridized carbons (Fsp3) is 0.667. The highest BCUT2D eigenvalue weighted by atomic mass is 16.3. The summed E-state index contributed by atoms with van der Waals surface area (Å²) in [5.41, 5.74) is 0.363. The number of carbonyl (C=O) groups excluding carboxylic acids is 1. The number of aromatic nitrogens is 1. The van der Waals surface area contributed by atoms with Gasteiger partial charge in [0, 0.05) is 44.6 Å². The highest BCUT2D eigenvalue weighted by Crippen LogP contribution is 2.18. The molecule has 2 amide bonds. The number of nitrogens with one attached hydrogen (secondary N) is 1. The first-order chi connectivity index (χ1) is 11.3. The molecule has 0 unspecified atom stereocenters. The van der Waals surface area contributed by atoms with Crippen LogP contribution in [0.25, 0.3) is 0 Å². The Balaban J connectivity index is 1.92. The summed E-state index contributed by atoms with van der Waals surface area (Å²) in [7, 11) is 0. The summed E-state index contributed by atoms with van der Waals surface area (Å²) in [6.45, 7) is 10.6. The molecule has 0 spiro atoms. The fourth-order valence-electron chi connectivity index (χ4n) is 3.17. The zero-order valence-electron chi connectivity index (χ0n) is 15.2. The number of aliphatic hydroxyl groups is 1. The number of carbonyl (C=O) groups is 1. The summed E-state index contributed by atoms with van der Waals surface area (Å²) in [6, 6.07) is 4.10. The Labute approximate surface area is 144 Å². The van der Waals surface area contributed by atoms with Crippen LogP contribution >= 0.6 is 0 Å². The molecule has 1 aromatic rings. The average Bonchev–Trinajstić information content (AvgIpc) is 2.54. The molecule has 2 rings (SSSR count). The molecule has 2 atom stereocenters. The predicted octanol–water partition coefficient (Wildman–Crippen LogP) is 2.02. The molecule has 6 heteroatoms. The van der Waals surface area contributed by atoms with Crippen molar-refractivity contribution >= 4 is 6.03 Å². The first-order valence-corrected chi connectivity index (χ1v) is 8.72.